The topological polar surface area (TPSA) is 38.8 Å². The van der Waals surface area contributed by atoms with Gasteiger partial charge in [0.05, 0.1) is 24.8 Å². The second-order valence-corrected chi connectivity index (χ2v) is 6.71. The molecule has 5 heteroatoms. The number of carbonyl (C=O) groups excluding carboxylic acids is 1. The zero-order chi connectivity index (χ0) is 15.6. The summed E-state index contributed by atoms with van der Waals surface area (Å²) in [6, 6.07) is 8.11. The number of ether oxygens (including phenoxy) is 2. The average Bonchev–Trinajstić information content (AvgIpc) is 3.22. The normalized spacial score (nSPS) is 20.3. The van der Waals surface area contributed by atoms with E-state index in [1.165, 1.54) is 0 Å². The van der Waals surface area contributed by atoms with Gasteiger partial charge < -0.3 is 14.4 Å². The lowest BCUT2D eigenvalue weighted by molar-refractivity contribution is 0.0736. The number of hydrogen-bond donors (Lipinski definition) is 0. The van der Waals surface area contributed by atoms with Crippen LogP contribution >= 0.6 is 11.3 Å². The van der Waals surface area contributed by atoms with Gasteiger partial charge in [-0.05, 0) is 42.0 Å². The summed E-state index contributed by atoms with van der Waals surface area (Å²) >= 11 is 1.56. The van der Waals surface area contributed by atoms with Gasteiger partial charge in [-0.25, -0.2) is 0 Å². The van der Waals surface area contributed by atoms with Crippen LogP contribution in [-0.4, -0.2) is 30.6 Å². The van der Waals surface area contributed by atoms with Crippen LogP contribution in [0.3, 0.4) is 0 Å². The van der Waals surface area contributed by atoms with Crippen LogP contribution in [0.5, 0.6) is 11.5 Å². The van der Waals surface area contributed by atoms with Gasteiger partial charge in [0, 0.05) is 18.3 Å². The van der Waals surface area contributed by atoms with Crippen molar-refractivity contribution in [3.63, 3.8) is 0 Å². The Morgan fingerprint density at radius 2 is 2.00 bits per heavy atom. The number of fused-ring (bicyclic) bond motifs is 1. The zero-order valence-corrected chi connectivity index (χ0v) is 13.7. The largest absolute Gasteiger partial charge is 0.490 e. The van der Waals surface area contributed by atoms with E-state index in [2.05, 4.69) is 6.07 Å². The van der Waals surface area contributed by atoms with Crippen molar-refractivity contribution >= 4 is 17.2 Å². The summed E-state index contributed by atoms with van der Waals surface area (Å²) in [7, 11) is 0. The molecule has 0 radical (unpaired) electrons. The predicted molar refractivity (Wildman–Crippen MR) is 89.4 cm³/mol. The van der Waals surface area contributed by atoms with E-state index in [-0.39, 0.29) is 11.9 Å². The molecular weight excluding hydrogens is 310 g/mol. The van der Waals surface area contributed by atoms with E-state index in [4.69, 9.17) is 9.47 Å². The van der Waals surface area contributed by atoms with E-state index in [1.807, 2.05) is 33.9 Å². The third-order valence-corrected chi connectivity index (χ3v) is 5.12. The van der Waals surface area contributed by atoms with E-state index in [1.54, 1.807) is 11.3 Å². The number of amides is 1. The van der Waals surface area contributed by atoms with Gasteiger partial charge >= 0.3 is 0 Å². The standard InChI is InChI=1S/C18H19NO3S/c20-18(14-6-10-23-12-14)19-7-1-3-15(19)13-4-5-16-17(11-13)22-9-2-8-21-16/h4-6,10-12,15H,1-3,7-9H2/t15-/m1/s1. The first-order valence-electron chi connectivity index (χ1n) is 8.05. The highest BCUT2D eigenvalue weighted by molar-refractivity contribution is 7.08. The molecule has 0 bridgehead atoms. The zero-order valence-electron chi connectivity index (χ0n) is 12.9. The Bertz CT molecular complexity index is 698. The molecule has 0 saturated carbocycles. The van der Waals surface area contributed by atoms with Crippen molar-refractivity contribution < 1.29 is 14.3 Å². The van der Waals surface area contributed by atoms with Crippen molar-refractivity contribution in [2.45, 2.75) is 25.3 Å². The average molecular weight is 329 g/mol. The molecule has 2 aromatic rings. The molecule has 1 aromatic carbocycles. The maximum atomic E-state index is 12.7. The number of likely N-dealkylation sites (tertiary alicyclic amines) is 1. The highest BCUT2D eigenvalue weighted by Crippen LogP contribution is 2.38. The molecule has 2 aliphatic rings. The Balaban J connectivity index is 1.61. The number of thiophene rings is 1. The van der Waals surface area contributed by atoms with E-state index in [0.29, 0.717) is 13.2 Å². The van der Waals surface area contributed by atoms with E-state index >= 15 is 0 Å². The molecule has 4 nitrogen and oxygen atoms in total. The predicted octanol–water partition coefficient (Wildman–Crippen LogP) is 3.89. The fourth-order valence-electron chi connectivity index (χ4n) is 3.30. The molecule has 23 heavy (non-hydrogen) atoms. The van der Waals surface area contributed by atoms with Crippen molar-refractivity contribution in [1.29, 1.82) is 0 Å². The molecule has 120 valence electrons. The highest BCUT2D eigenvalue weighted by Gasteiger charge is 2.31. The van der Waals surface area contributed by atoms with Crippen molar-refractivity contribution in [1.82, 2.24) is 4.90 Å². The minimum atomic E-state index is 0.125. The molecule has 4 rings (SSSR count). The third-order valence-electron chi connectivity index (χ3n) is 4.44. The molecule has 2 aliphatic heterocycles. The lowest BCUT2D eigenvalue weighted by atomic mass is 10.0. The van der Waals surface area contributed by atoms with E-state index < -0.39 is 0 Å². The minimum absolute atomic E-state index is 0.125. The highest BCUT2D eigenvalue weighted by atomic mass is 32.1. The molecule has 0 N–H and O–H groups in total. The molecule has 0 aliphatic carbocycles. The Hall–Kier alpha value is -2.01. The van der Waals surface area contributed by atoms with Crippen molar-refractivity contribution in [3.8, 4) is 11.5 Å². The summed E-state index contributed by atoms with van der Waals surface area (Å²) in [4.78, 5) is 14.7. The van der Waals surface area contributed by atoms with Crippen LogP contribution in [-0.2, 0) is 0 Å². The third kappa shape index (κ3) is 2.81. The van der Waals surface area contributed by atoms with Crippen LogP contribution in [0.25, 0.3) is 0 Å². The molecule has 1 amide bonds. The Morgan fingerprint density at radius 1 is 1.13 bits per heavy atom. The SMILES string of the molecule is O=C(c1ccsc1)N1CCC[C@@H]1c1ccc2c(c1)OCCCO2. The molecule has 1 fully saturated rings. The van der Waals surface area contributed by atoms with Crippen LogP contribution in [0.1, 0.15) is 41.2 Å². The van der Waals surface area contributed by atoms with Crippen molar-refractivity contribution in [2.75, 3.05) is 19.8 Å². The molecular formula is C18H19NO3S. The quantitative estimate of drug-likeness (QED) is 0.839. The minimum Gasteiger partial charge on any atom is -0.490 e. The molecule has 1 saturated heterocycles. The molecule has 1 atom stereocenters. The molecule has 0 unspecified atom stereocenters. The summed E-state index contributed by atoms with van der Waals surface area (Å²) in [6.45, 7) is 2.19. The van der Waals surface area contributed by atoms with Crippen LogP contribution in [0.15, 0.2) is 35.0 Å². The summed E-state index contributed by atoms with van der Waals surface area (Å²) < 4.78 is 11.5. The first kappa shape index (κ1) is 14.6. The van der Waals surface area contributed by atoms with Gasteiger partial charge in [0.1, 0.15) is 0 Å². The second kappa shape index (κ2) is 6.24. The molecule has 1 aromatic heterocycles. The molecule has 0 spiro atoms. The van der Waals surface area contributed by atoms with Gasteiger partial charge in [0.2, 0.25) is 0 Å². The maximum absolute atomic E-state index is 12.7. The number of rotatable bonds is 2. The van der Waals surface area contributed by atoms with Gasteiger partial charge in [-0.2, -0.15) is 11.3 Å². The van der Waals surface area contributed by atoms with Crippen molar-refractivity contribution in [3.05, 3.63) is 46.2 Å². The van der Waals surface area contributed by atoms with Crippen LogP contribution in [0.4, 0.5) is 0 Å². The van der Waals surface area contributed by atoms with Crippen LogP contribution in [0.2, 0.25) is 0 Å². The summed E-state index contributed by atoms with van der Waals surface area (Å²) in [6.07, 6.45) is 2.93. The monoisotopic (exact) mass is 329 g/mol. The first-order chi connectivity index (χ1) is 11.3. The fraction of sp³-hybridized carbons (Fsp3) is 0.389. The van der Waals surface area contributed by atoms with E-state index in [0.717, 1.165) is 48.4 Å². The smallest absolute Gasteiger partial charge is 0.255 e. The number of hydrogen-bond acceptors (Lipinski definition) is 4. The fourth-order valence-corrected chi connectivity index (χ4v) is 3.93. The molecule has 3 heterocycles. The summed E-state index contributed by atoms with van der Waals surface area (Å²) in [5.74, 6) is 1.73. The Morgan fingerprint density at radius 3 is 2.83 bits per heavy atom. The lowest BCUT2D eigenvalue weighted by Crippen LogP contribution is -2.30. The summed E-state index contributed by atoms with van der Waals surface area (Å²) in [5, 5.41) is 3.87. The maximum Gasteiger partial charge on any atom is 0.255 e. The van der Waals surface area contributed by atoms with Gasteiger partial charge in [0.15, 0.2) is 11.5 Å². The van der Waals surface area contributed by atoms with Gasteiger partial charge in [-0.15, -0.1) is 0 Å². The van der Waals surface area contributed by atoms with Crippen LogP contribution < -0.4 is 9.47 Å². The number of carbonyl (C=O) groups is 1. The first-order valence-corrected chi connectivity index (χ1v) is 9.00. The second-order valence-electron chi connectivity index (χ2n) is 5.93. The van der Waals surface area contributed by atoms with E-state index in [9.17, 15) is 4.79 Å². The summed E-state index contributed by atoms with van der Waals surface area (Å²) in [5.41, 5.74) is 1.92. The number of nitrogens with zero attached hydrogens (tertiary/aromatic N) is 1. The Labute approximate surface area is 139 Å². The van der Waals surface area contributed by atoms with Gasteiger partial charge in [-0.3, -0.25) is 4.79 Å². The van der Waals surface area contributed by atoms with Crippen molar-refractivity contribution in [2.24, 2.45) is 0 Å². The number of benzene rings is 1. The van der Waals surface area contributed by atoms with Crippen LogP contribution in [0, 0.1) is 0 Å². The van der Waals surface area contributed by atoms with Gasteiger partial charge in [-0.1, -0.05) is 6.07 Å². The van der Waals surface area contributed by atoms with Gasteiger partial charge in [0.25, 0.3) is 5.91 Å². The Kier molecular flexibility index (Phi) is 3.95. The lowest BCUT2D eigenvalue weighted by Gasteiger charge is -2.25.